The summed E-state index contributed by atoms with van der Waals surface area (Å²) in [5.74, 6) is 0.872. The first-order chi connectivity index (χ1) is 6.24. The van der Waals surface area contributed by atoms with Crippen molar-refractivity contribution < 1.29 is 0 Å². The Kier molecular flexibility index (Phi) is 1.79. The van der Waals surface area contributed by atoms with E-state index in [1.54, 1.807) is 10.8 Å². The van der Waals surface area contributed by atoms with E-state index < -0.39 is 0 Å². The zero-order valence-electron chi connectivity index (χ0n) is 7.78. The Hall–Kier alpha value is -1.38. The lowest BCUT2D eigenvalue weighted by Crippen LogP contribution is -1.93. The molecule has 0 aliphatic heterocycles. The quantitative estimate of drug-likeness (QED) is 0.658. The molecule has 2 heterocycles. The SMILES string of the molecule is [CH]n1c(CC)nc2c(C)ccnc21. The fraction of sp³-hybridized carbons (Fsp3) is 0.300. The summed E-state index contributed by atoms with van der Waals surface area (Å²) in [5.41, 5.74) is 2.78. The van der Waals surface area contributed by atoms with Gasteiger partial charge in [0, 0.05) is 12.6 Å². The first kappa shape index (κ1) is 8.23. The Bertz CT molecular complexity index is 443. The van der Waals surface area contributed by atoms with Gasteiger partial charge in [0.2, 0.25) is 0 Å². The minimum Gasteiger partial charge on any atom is -0.305 e. The molecule has 0 N–H and O–H groups in total. The van der Waals surface area contributed by atoms with Crippen LogP contribution in [-0.4, -0.2) is 14.5 Å². The van der Waals surface area contributed by atoms with Gasteiger partial charge in [-0.15, -0.1) is 0 Å². The molecule has 2 rings (SSSR count). The molecule has 0 unspecified atom stereocenters. The Morgan fingerprint density at radius 2 is 2.31 bits per heavy atom. The number of imidazole rings is 1. The first-order valence-corrected chi connectivity index (χ1v) is 4.32. The molecule has 13 heavy (non-hydrogen) atoms. The van der Waals surface area contributed by atoms with Crippen LogP contribution in [0.3, 0.4) is 0 Å². The van der Waals surface area contributed by atoms with Crippen molar-refractivity contribution in [2.75, 3.05) is 0 Å². The summed E-state index contributed by atoms with van der Waals surface area (Å²) in [7, 11) is 5.81. The lowest BCUT2D eigenvalue weighted by atomic mass is 10.3. The van der Waals surface area contributed by atoms with Gasteiger partial charge in [0.05, 0.1) is 7.05 Å². The van der Waals surface area contributed by atoms with E-state index >= 15 is 0 Å². The van der Waals surface area contributed by atoms with Crippen molar-refractivity contribution in [1.82, 2.24) is 14.5 Å². The smallest absolute Gasteiger partial charge is 0.160 e. The van der Waals surface area contributed by atoms with Crippen LogP contribution in [-0.2, 0) is 6.42 Å². The molecule has 0 atom stereocenters. The average Bonchev–Trinajstić information content (AvgIpc) is 2.45. The van der Waals surface area contributed by atoms with Crippen LogP contribution in [0.1, 0.15) is 18.3 Å². The first-order valence-electron chi connectivity index (χ1n) is 4.32. The highest BCUT2D eigenvalue weighted by molar-refractivity contribution is 5.75. The number of fused-ring (bicyclic) bond motifs is 1. The molecule has 2 radical (unpaired) electrons. The second-order valence-electron chi connectivity index (χ2n) is 3.05. The molecule has 3 heteroatoms. The Morgan fingerprint density at radius 1 is 1.54 bits per heavy atom. The highest BCUT2D eigenvalue weighted by atomic mass is 15.1. The van der Waals surface area contributed by atoms with Gasteiger partial charge < -0.3 is 4.57 Å². The van der Waals surface area contributed by atoms with Gasteiger partial charge in [-0.25, -0.2) is 9.97 Å². The summed E-state index contributed by atoms with van der Waals surface area (Å²) >= 11 is 0. The van der Waals surface area contributed by atoms with Crippen LogP contribution in [0.2, 0.25) is 0 Å². The average molecular weight is 173 g/mol. The van der Waals surface area contributed by atoms with E-state index in [-0.39, 0.29) is 0 Å². The fourth-order valence-electron chi connectivity index (χ4n) is 1.41. The summed E-state index contributed by atoms with van der Waals surface area (Å²) in [4.78, 5) is 8.59. The summed E-state index contributed by atoms with van der Waals surface area (Å²) in [6.07, 6.45) is 2.58. The molecule has 2 aromatic rings. The third-order valence-electron chi connectivity index (χ3n) is 2.17. The van der Waals surface area contributed by atoms with Crippen LogP contribution in [0, 0.1) is 14.0 Å². The molecule has 0 amide bonds. The number of pyridine rings is 1. The van der Waals surface area contributed by atoms with Gasteiger partial charge in [-0.3, -0.25) is 0 Å². The zero-order chi connectivity index (χ0) is 9.42. The van der Waals surface area contributed by atoms with E-state index in [0.29, 0.717) is 0 Å². The lowest BCUT2D eigenvalue weighted by Gasteiger charge is -1.95. The lowest BCUT2D eigenvalue weighted by molar-refractivity contribution is 0.900. The van der Waals surface area contributed by atoms with Gasteiger partial charge in [-0.2, -0.15) is 0 Å². The van der Waals surface area contributed by atoms with Crippen molar-refractivity contribution in [1.29, 1.82) is 0 Å². The summed E-state index contributed by atoms with van der Waals surface area (Å²) in [6.45, 7) is 4.04. The van der Waals surface area contributed by atoms with Crippen LogP contribution in [0.15, 0.2) is 12.3 Å². The molecule has 0 fully saturated rings. The van der Waals surface area contributed by atoms with Gasteiger partial charge in [0.25, 0.3) is 0 Å². The van der Waals surface area contributed by atoms with Gasteiger partial charge in [0.15, 0.2) is 5.65 Å². The van der Waals surface area contributed by atoms with E-state index in [4.69, 9.17) is 7.05 Å². The Labute approximate surface area is 77.4 Å². The van der Waals surface area contributed by atoms with Gasteiger partial charge in [-0.1, -0.05) is 6.92 Å². The maximum Gasteiger partial charge on any atom is 0.160 e. The zero-order valence-corrected chi connectivity index (χ0v) is 7.78. The number of aryl methyl sites for hydroxylation is 2. The predicted molar refractivity (Wildman–Crippen MR) is 51.3 cm³/mol. The highest BCUT2D eigenvalue weighted by Crippen LogP contribution is 2.16. The molecule has 0 spiro atoms. The van der Waals surface area contributed by atoms with Crippen molar-refractivity contribution in [3.8, 4) is 0 Å². The van der Waals surface area contributed by atoms with Crippen LogP contribution >= 0.6 is 0 Å². The molecule has 0 bridgehead atoms. The summed E-state index contributed by atoms with van der Waals surface area (Å²) in [5, 5.41) is 0. The van der Waals surface area contributed by atoms with Crippen molar-refractivity contribution in [2.24, 2.45) is 0 Å². The minimum absolute atomic E-state index is 0.761. The Balaban J connectivity index is 2.83. The van der Waals surface area contributed by atoms with Crippen LogP contribution in [0.25, 0.3) is 11.2 Å². The third kappa shape index (κ3) is 1.11. The van der Waals surface area contributed by atoms with Gasteiger partial charge in [0.1, 0.15) is 11.3 Å². The van der Waals surface area contributed by atoms with Crippen LogP contribution < -0.4 is 0 Å². The van der Waals surface area contributed by atoms with E-state index in [1.807, 2.05) is 19.9 Å². The molecule has 0 aliphatic rings. The molecular formula is C10H11N3. The number of aromatic nitrogens is 3. The molecule has 0 saturated heterocycles. The molecule has 2 aromatic heterocycles. The number of rotatable bonds is 1. The number of nitrogens with zero attached hydrogens (tertiary/aromatic N) is 3. The predicted octanol–water partition coefficient (Wildman–Crippen LogP) is 1.82. The highest BCUT2D eigenvalue weighted by Gasteiger charge is 2.08. The number of hydrogen-bond acceptors (Lipinski definition) is 2. The fourth-order valence-corrected chi connectivity index (χ4v) is 1.41. The standard InChI is InChI=1S/C10H11N3/c1-4-8-12-9-7(2)5-6-11-10(9)13(8)3/h3,5-6H,4H2,1-2H3. The third-order valence-corrected chi connectivity index (χ3v) is 2.17. The topological polar surface area (TPSA) is 30.7 Å². The van der Waals surface area contributed by atoms with Crippen molar-refractivity contribution in [2.45, 2.75) is 20.3 Å². The molecule has 66 valence electrons. The number of hydrogen-bond donors (Lipinski definition) is 0. The molecular weight excluding hydrogens is 162 g/mol. The summed E-state index contributed by atoms with van der Waals surface area (Å²) in [6, 6.07) is 1.94. The monoisotopic (exact) mass is 173 g/mol. The second-order valence-corrected chi connectivity index (χ2v) is 3.05. The molecule has 0 saturated carbocycles. The van der Waals surface area contributed by atoms with E-state index in [0.717, 1.165) is 29.0 Å². The van der Waals surface area contributed by atoms with E-state index in [2.05, 4.69) is 9.97 Å². The van der Waals surface area contributed by atoms with Crippen molar-refractivity contribution in [3.05, 3.63) is 30.7 Å². The normalized spacial score (nSPS) is 11.0. The molecule has 3 nitrogen and oxygen atoms in total. The van der Waals surface area contributed by atoms with Crippen LogP contribution in [0.5, 0.6) is 0 Å². The van der Waals surface area contributed by atoms with Crippen molar-refractivity contribution >= 4 is 11.2 Å². The van der Waals surface area contributed by atoms with E-state index in [1.165, 1.54) is 0 Å². The van der Waals surface area contributed by atoms with Crippen LogP contribution in [0.4, 0.5) is 0 Å². The Morgan fingerprint density at radius 3 is 2.92 bits per heavy atom. The maximum absolute atomic E-state index is 5.81. The molecule has 0 aliphatic carbocycles. The maximum atomic E-state index is 5.81. The minimum atomic E-state index is 0.761. The molecule has 0 aromatic carbocycles. The second kappa shape index (κ2) is 2.83. The summed E-state index contributed by atoms with van der Waals surface area (Å²) < 4.78 is 1.56. The van der Waals surface area contributed by atoms with Gasteiger partial charge in [-0.05, 0) is 18.6 Å². The van der Waals surface area contributed by atoms with Gasteiger partial charge >= 0.3 is 0 Å². The van der Waals surface area contributed by atoms with Crippen molar-refractivity contribution in [3.63, 3.8) is 0 Å². The largest absolute Gasteiger partial charge is 0.305 e. The van der Waals surface area contributed by atoms with E-state index in [9.17, 15) is 0 Å².